The first-order valence-corrected chi connectivity index (χ1v) is 3.72. The van der Waals surface area contributed by atoms with Crippen LogP contribution in [0.2, 0.25) is 0 Å². The molecule has 0 spiro atoms. The third-order valence-corrected chi connectivity index (χ3v) is 2.01. The molecular weight excluding hydrogens is 119 g/mol. The zero-order valence-electron chi connectivity index (χ0n) is 5.88. The molecule has 1 heteroatoms. The molecule has 1 fully saturated rings. The van der Waals surface area contributed by atoms with Crippen molar-refractivity contribution in [2.24, 2.45) is 0 Å². The predicted molar refractivity (Wildman–Crippen MR) is 43.8 cm³/mol. The smallest absolute Gasteiger partial charge is 0.0933 e. The Kier molecular flexibility index (Phi) is 1.30. The largest absolute Gasteiger partial charge is 0.114 e. The van der Waals surface area contributed by atoms with Gasteiger partial charge in [0.15, 0.2) is 0 Å². The molecule has 2 radical (unpaired) electrons. The summed E-state index contributed by atoms with van der Waals surface area (Å²) in [5.41, 5.74) is 2.31. The lowest BCUT2D eigenvalue weighted by Gasteiger charge is -2.01. The maximum Gasteiger partial charge on any atom is 0.114 e. The topological polar surface area (TPSA) is 0 Å². The highest BCUT2D eigenvalue weighted by molar-refractivity contribution is 6.33. The van der Waals surface area contributed by atoms with Crippen molar-refractivity contribution >= 4 is 13.3 Å². The van der Waals surface area contributed by atoms with Crippen LogP contribution in [0, 0.1) is 0 Å². The van der Waals surface area contributed by atoms with Gasteiger partial charge in [0.2, 0.25) is 0 Å². The van der Waals surface area contributed by atoms with Crippen LogP contribution in [0.15, 0.2) is 24.3 Å². The van der Waals surface area contributed by atoms with E-state index in [1.165, 1.54) is 18.4 Å². The summed E-state index contributed by atoms with van der Waals surface area (Å²) in [6.45, 7) is 0. The Morgan fingerprint density at radius 2 is 1.90 bits per heavy atom. The van der Waals surface area contributed by atoms with Gasteiger partial charge in [0, 0.05) is 0 Å². The Hall–Kier alpha value is -0.715. The average Bonchev–Trinajstić information content (AvgIpc) is 2.71. The van der Waals surface area contributed by atoms with Gasteiger partial charge in [0.25, 0.3) is 0 Å². The molecule has 0 bridgehead atoms. The summed E-state index contributed by atoms with van der Waals surface area (Å²) in [5, 5.41) is 0. The fourth-order valence-corrected chi connectivity index (χ4v) is 1.28. The van der Waals surface area contributed by atoms with Gasteiger partial charge in [-0.25, -0.2) is 0 Å². The maximum absolute atomic E-state index is 5.76. The lowest BCUT2D eigenvalue weighted by molar-refractivity contribution is 1.15. The summed E-state index contributed by atoms with van der Waals surface area (Å²) in [6.07, 6.45) is 2.66. The molecule has 0 aliphatic heterocycles. The van der Waals surface area contributed by atoms with Gasteiger partial charge < -0.3 is 0 Å². The summed E-state index contributed by atoms with van der Waals surface area (Å²) >= 11 is 0. The average molecular weight is 128 g/mol. The second kappa shape index (κ2) is 2.15. The molecule has 0 nitrogen and oxygen atoms in total. The molecule has 0 saturated heterocycles. The van der Waals surface area contributed by atoms with E-state index in [9.17, 15) is 0 Å². The summed E-state index contributed by atoms with van der Waals surface area (Å²) < 4.78 is 0. The van der Waals surface area contributed by atoms with E-state index in [2.05, 4.69) is 12.1 Å². The molecule has 1 aromatic rings. The van der Waals surface area contributed by atoms with Crippen LogP contribution in [0.1, 0.15) is 24.3 Å². The zero-order chi connectivity index (χ0) is 6.97. The molecule has 0 N–H and O–H groups in total. The Bertz CT molecular complexity index is 238. The van der Waals surface area contributed by atoms with Crippen LogP contribution in [0.25, 0.3) is 0 Å². The van der Waals surface area contributed by atoms with Gasteiger partial charge in [-0.2, -0.15) is 0 Å². The lowest BCUT2D eigenvalue weighted by Crippen LogP contribution is -2.07. The predicted octanol–water partition coefficient (Wildman–Crippen LogP) is 1.36. The van der Waals surface area contributed by atoms with Crippen molar-refractivity contribution in [1.29, 1.82) is 0 Å². The minimum Gasteiger partial charge on any atom is -0.0933 e. The maximum atomic E-state index is 5.76. The van der Waals surface area contributed by atoms with E-state index < -0.39 is 0 Å². The van der Waals surface area contributed by atoms with Crippen LogP contribution in [-0.2, 0) is 0 Å². The molecule has 1 aromatic carbocycles. The van der Waals surface area contributed by atoms with E-state index in [4.69, 9.17) is 7.85 Å². The zero-order valence-corrected chi connectivity index (χ0v) is 5.88. The van der Waals surface area contributed by atoms with E-state index in [1.54, 1.807) is 0 Å². The number of hydrogen-bond acceptors (Lipinski definition) is 0. The highest BCUT2D eigenvalue weighted by Crippen LogP contribution is 2.38. The summed E-state index contributed by atoms with van der Waals surface area (Å²) in [5.74, 6) is 0.779. The quantitative estimate of drug-likeness (QED) is 0.501. The molecule has 1 aliphatic rings. The first-order valence-electron chi connectivity index (χ1n) is 3.72. The molecule has 2 rings (SSSR count). The van der Waals surface area contributed by atoms with Crippen molar-refractivity contribution in [2.75, 3.05) is 0 Å². The third-order valence-electron chi connectivity index (χ3n) is 2.01. The van der Waals surface area contributed by atoms with Gasteiger partial charge in [0.1, 0.15) is 7.85 Å². The van der Waals surface area contributed by atoms with E-state index in [-0.39, 0.29) is 0 Å². The van der Waals surface area contributed by atoms with Crippen LogP contribution in [0.4, 0.5) is 0 Å². The minimum absolute atomic E-state index is 0.779. The second-order valence-corrected chi connectivity index (χ2v) is 2.90. The summed E-state index contributed by atoms with van der Waals surface area (Å²) in [4.78, 5) is 0. The molecule has 0 aromatic heterocycles. The van der Waals surface area contributed by atoms with Crippen LogP contribution in [0.3, 0.4) is 0 Å². The van der Waals surface area contributed by atoms with Gasteiger partial charge in [-0.3, -0.25) is 0 Å². The Morgan fingerprint density at radius 3 is 2.50 bits per heavy atom. The lowest BCUT2D eigenvalue weighted by atomic mass is 9.88. The summed E-state index contributed by atoms with van der Waals surface area (Å²) in [6, 6.07) is 8.16. The van der Waals surface area contributed by atoms with Crippen molar-refractivity contribution in [3.63, 3.8) is 0 Å². The molecule has 0 amide bonds. The van der Waals surface area contributed by atoms with Crippen LogP contribution < -0.4 is 5.46 Å². The van der Waals surface area contributed by atoms with Gasteiger partial charge >= 0.3 is 0 Å². The first kappa shape index (κ1) is 6.02. The van der Waals surface area contributed by atoms with E-state index in [0.717, 1.165) is 11.4 Å². The van der Waals surface area contributed by atoms with Crippen LogP contribution in [0.5, 0.6) is 0 Å². The Morgan fingerprint density at radius 1 is 1.20 bits per heavy atom. The van der Waals surface area contributed by atoms with E-state index in [0.29, 0.717) is 0 Å². The standard InChI is InChI=1S/C9H9B/c10-9-4-2-1-3-8(9)7-5-6-7/h1-4,7H,5-6H2. The normalized spacial score (nSPS) is 17.2. The van der Waals surface area contributed by atoms with Gasteiger partial charge in [-0.1, -0.05) is 35.3 Å². The SMILES string of the molecule is [B]c1ccccc1C1CC1. The molecule has 0 atom stereocenters. The summed E-state index contributed by atoms with van der Waals surface area (Å²) in [7, 11) is 5.76. The highest BCUT2D eigenvalue weighted by Gasteiger charge is 2.23. The van der Waals surface area contributed by atoms with E-state index in [1.807, 2.05) is 12.1 Å². The fourth-order valence-electron chi connectivity index (χ4n) is 1.28. The van der Waals surface area contributed by atoms with E-state index >= 15 is 0 Å². The minimum atomic E-state index is 0.779. The van der Waals surface area contributed by atoms with Crippen LogP contribution in [-0.4, -0.2) is 7.85 Å². The fraction of sp³-hybridized carbons (Fsp3) is 0.333. The van der Waals surface area contributed by atoms with Crippen LogP contribution >= 0.6 is 0 Å². The molecule has 48 valence electrons. The monoisotopic (exact) mass is 128 g/mol. The van der Waals surface area contributed by atoms with Gasteiger partial charge in [0.05, 0.1) is 0 Å². The molecular formula is C9H9B. The molecule has 1 saturated carbocycles. The number of benzene rings is 1. The number of rotatable bonds is 1. The van der Waals surface area contributed by atoms with Crippen molar-refractivity contribution in [2.45, 2.75) is 18.8 Å². The number of hydrogen-bond donors (Lipinski definition) is 0. The Balaban J connectivity index is 2.39. The first-order chi connectivity index (χ1) is 4.88. The van der Waals surface area contributed by atoms with Crippen molar-refractivity contribution in [3.05, 3.63) is 29.8 Å². The Labute approximate surface area is 62.7 Å². The van der Waals surface area contributed by atoms with Crippen molar-refractivity contribution in [1.82, 2.24) is 0 Å². The molecule has 0 heterocycles. The van der Waals surface area contributed by atoms with Gasteiger partial charge in [-0.05, 0) is 18.8 Å². The molecule has 1 aliphatic carbocycles. The second-order valence-electron chi connectivity index (χ2n) is 2.90. The van der Waals surface area contributed by atoms with Crippen molar-refractivity contribution in [3.8, 4) is 0 Å². The van der Waals surface area contributed by atoms with Gasteiger partial charge in [-0.15, -0.1) is 0 Å². The van der Waals surface area contributed by atoms with Crippen molar-refractivity contribution < 1.29 is 0 Å². The molecule has 10 heavy (non-hydrogen) atoms. The third kappa shape index (κ3) is 0.963. The molecule has 0 unspecified atom stereocenters. The highest BCUT2D eigenvalue weighted by atomic mass is 14.3.